The van der Waals surface area contributed by atoms with E-state index in [1.807, 2.05) is 25.3 Å². The molecular weight excluding hydrogens is 364 g/mol. The number of fused-ring (bicyclic) bond motifs is 1. The minimum Gasteiger partial charge on any atom is -0.458 e. The van der Waals surface area contributed by atoms with E-state index in [2.05, 4.69) is 42.9 Å². The summed E-state index contributed by atoms with van der Waals surface area (Å²) in [4.78, 5) is 18.3. The number of hydrogen-bond acceptors (Lipinski definition) is 5. The van der Waals surface area contributed by atoms with Gasteiger partial charge >= 0.3 is 5.97 Å². The topological polar surface area (TPSA) is 62.7 Å². The quantitative estimate of drug-likeness (QED) is 0.581. The molecule has 0 radical (unpaired) electrons. The van der Waals surface area contributed by atoms with Crippen molar-refractivity contribution in [1.29, 1.82) is 0 Å². The minimum absolute atomic E-state index is 0.108. The van der Waals surface area contributed by atoms with Crippen LogP contribution in [-0.2, 0) is 16.1 Å². The number of carbonyl (C=O) groups is 1. The summed E-state index contributed by atoms with van der Waals surface area (Å²) < 4.78 is 5.51. The van der Waals surface area contributed by atoms with Crippen molar-refractivity contribution < 1.29 is 14.6 Å². The highest BCUT2D eigenvalue weighted by Gasteiger charge is 2.52. The van der Waals surface area contributed by atoms with E-state index in [4.69, 9.17) is 4.74 Å². The maximum atomic E-state index is 11.7. The lowest BCUT2D eigenvalue weighted by Crippen LogP contribution is -2.56. The Morgan fingerprint density at radius 2 is 2.17 bits per heavy atom. The first-order valence-electron chi connectivity index (χ1n) is 10.9. The zero-order valence-electron chi connectivity index (χ0n) is 18.5. The maximum Gasteiger partial charge on any atom is 0.303 e. The normalized spacial score (nSPS) is 33.0. The van der Waals surface area contributed by atoms with E-state index in [1.165, 1.54) is 6.92 Å². The number of aliphatic hydroxyl groups is 1. The molecule has 3 rings (SSSR count). The Kier molecular flexibility index (Phi) is 6.79. The largest absolute Gasteiger partial charge is 0.458 e. The van der Waals surface area contributed by atoms with Gasteiger partial charge in [-0.15, -0.1) is 0 Å². The van der Waals surface area contributed by atoms with E-state index in [-0.39, 0.29) is 23.9 Å². The van der Waals surface area contributed by atoms with Crippen molar-refractivity contribution in [3.63, 3.8) is 0 Å². The van der Waals surface area contributed by atoms with Crippen LogP contribution in [0.3, 0.4) is 0 Å². The first-order chi connectivity index (χ1) is 13.7. The smallest absolute Gasteiger partial charge is 0.303 e. The van der Waals surface area contributed by atoms with Crippen molar-refractivity contribution in [2.24, 2.45) is 23.7 Å². The molecule has 0 amide bonds. The van der Waals surface area contributed by atoms with Gasteiger partial charge in [0.1, 0.15) is 6.10 Å². The lowest BCUT2D eigenvalue weighted by Gasteiger charge is -2.53. The van der Waals surface area contributed by atoms with Crippen molar-refractivity contribution >= 4 is 5.97 Å². The molecule has 0 bridgehead atoms. The molecule has 0 spiro atoms. The summed E-state index contributed by atoms with van der Waals surface area (Å²) in [5.41, 5.74) is 1.34. The van der Waals surface area contributed by atoms with E-state index in [1.54, 1.807) is 0 Å². The Hall–Kier alpha value is -1.72. The van der Waals surface area contributed by atoms with Crippen LogP contribution >= 0.6 is 0 Å². The second kappa shape index (κ2) is 8.97. The van der Waals surface area contributed by atoms with Crippen LogP contribution in [0.15, 0.2) is 36.0 Å². The van der Waals surface area contributed by atoms with E-state index in [9.17, 15) is 9.90 Å². The van der Waals surface area contributed by atoms with Crippen molar-refractivity contribution in [2.45, 2.75) is 65.2 Å². The second-order valence-electron chi connectivity index (χ2n) is 9.37. The Labute approximate surface area is 175 Å². The Morgan fingerprint density at radius 3 is 2.83 bits per heavy atom. The van der Waals surface area contributed by atoms with Gasteiger partial charge < -0.3 is 14.7 Å². The lowest BCUT2D eigenvalue weighted by molar-refractivity contribution is -0.159. The van der Waals surface area contributed by atoms with Gasteiger partial charge in [0.25, 0.3) is 0 Å². The fraction of sp³-hybridized carbons (Fsp3) is 0.667. The van der Waals surface area contributed by atoms with Gasteiger partial charge in [-0.2, -0.15) is 0 Å². The molecule has 1 aromatic rings. The average molecular weight is 401 g/mol. The molecular formula is C24H36N2O3. The van der Waals surface area contributed by atoms with Crippen molar-refractivity contribution in [3.05, 3.63) is 41.7 Å². The third kappa shape index (κ3) is 4.89. The van der Waals surface area contributed by atoms with Gasteiger partial charge in [-0.25, -0.2) is 0 Å². The number of esters is 1. The summed E-state index contributed by atoms with van der Waals surface area (Å²) in [7, 11) is 2.14. The number of rotatable bonds is 6. The Morgan fingerprint density at radius 1 is 1.41 bits per heavy atom. The highest BCUT2D eigenvalue weighted by molar-refractivity contribution is 5.66. The summed E-state index contributed by atoms with van der Waals surface area (Å²) in [6, 6.07) is 6.03. The van der Waals surface area contributed by atoms with Crippen LogP contribution in [-0.4, -0.2) is 46.3 Å². The van der Waals surface area contributed by atoms with Crippen molar-refractivity contribution in [2.75, 3.05) is 13.6 Å². The second-order valence-corrected chi connectivity index (χ2v) is 9.37. The number of aromatic nitrogens is 1. The van der Waals surface area contributed by atoms with E-state index in [0.717, 1.165) is 37.2 Å². The predicted molar refractivity (Wildman–Crippen MR) is 114 cm³/mol. The fourth-order valence-corrected chi connectivity index (χ4v) is 5.46. The molecule has 2 aliphatic carbocycles. The van der Waals surface area contributed by atoms with E-state index >= 15 is 0 Å². The van der Waals surface area contributed by atoms with Gasteiger partial charge in [0.15, 0.2) is 0 Å². The van der Waals surface area contributed by atoms with Gasteiger partial charge in [0, 0.05) is 38.5 Å². The van der Waals surface area contributed by atoms with Crippen LogP contribution in [0.5, 0.6) is 0 Å². The number of hydrogen-bond donors (Lipinski definition) is 1. The van der Waals surface area contributed by atoms with Crippen LogP contribution in [0.2, 0.25) is 0 Å². The first kappa shape index (κ1) is 22.0. The molecule has 0 aromatic carbocycles. The lowest BCUT2D eigenvalue weighted by atomic mass is 9.57. The summed E-state index contributed by atoms with van der Waals surface area (Å²) >= 11 is 0. The molecule has 0 saturated heterocycles. The molecule has 5 heteroatoms. The third-order valence-electron chi connectivity index (χ3n) is 7.08. The van der Waals surface area contributed by atoms with Crippen molar-refractivity contribution in [1.82, 2.24) is 9.88 Å². The molecule has 6 atom stereocenters. The third-order valence-corrected chi connectivity index (χ3v) is 7.08. The van der Waals surface area contributed by atoms with Gasteiger partial charge in [0.2, 0.25) is 0 Å². The van der Waals surface area contributed by atoms with Crippen LogP contribution in [0, 0.1) is 23.7 Å². The molecule has 1 N–H and O–H groups in total. The minimum atomic E-state index is -0.809. The predicted octanol–water partition coefficient (Wildman–Crippen LogP) is 3.82. The van der Waals surface area contributed by atoms with Gasteiger partial charge in [-0.05, 0) is 62.3 Å². The van der Waals surface area contributed by atoms with E-state index < -0.39 is 5.60 Å². The van der Waals surface area contributed by atoms with Crippen LogP contribution in [0.25, 0.3) is 0 Å². The number of pyridine rings is 1. The molecule has 1 fully saturated rings. The standard InChI is InChI=1S/C24H36N2O3/c1-16-12-22-21(17(2)14-26(5)15-20-8-6-7-11-25-20)10-9-18(3)24(22,28)13-23(16)29-19(4)27/h6-8,11-12,17-18,21-23,28H,9-10,13-15H2,1-5H3/t17-,18-,21+,22-,23-,24-/m1/s1. The molecule has 2 aliphatic rings. The number of nitrogens with zero attached hydrogens (tertiary/aromatic N) is 2. The summed E-state index contributed by atoms with van der Waals surface area (Å²) in [5, 5.41) is 11.7. The SMILES string of the molecule is CC(=O)O[C@@H]1C[C@@]2(O)[C@H](C)CC[C@@H]([C@H](C)CN(C)Cc3ccccn3)[C@H]2C=C1C. The summed E-state index contributed by atoms with van der Waals surface area (Å²) in [6.45, 7) is 9.70. The molecule has 1 heterocycles. The molecule has 0 aliphatic heterocycles. The van der Waals surface area contributed by atoms with Crippen molar-refractivity contribution in [3.8, 4) is 0 Å². The molecule has 160 valence electrons. The highest BCUT2D eigenvalue weighted by Crippen LogP contribution is 2.51. The zero-order chi connectivity index (χ0) is 21.2. The van der Waals surface area contributed by atoms with E-state index in [0.29, 0.717) is 18.3 Å². The fourth-order valence-electron chi connectivity index (χ4n) is 5.46. The van der Waals surface area contributed by atoms with Gasteiger partial charge in [0.05, 0.1) is 11.3 Å². The molecule has 29 heavy (non-hydrogen) atoms. The summed E-state index contributed by atoms with van der Waals surface area (Å²) in [5.74, 6) is 0.882. The Bertz CT molecular complexity index is 735. The highest BCUT2D eigenvalue weighted by atomic mass is 16.5. The van der Waals surface area contributed by atoms with Gasteiger partial charge in [-0.3, -0.25) is 9.78 Å². The molecule has 0 unspecified atom stereocenters. The Balaban J connectivity index is 1.73. The van der Waals surface area contributed by atoms with Crippen LogP contribution in [0.1, 0.15) is 52.7 Å². The maximum absolute atomic E-state index is 11.7. The molecule has 1 saturated carbocycles. The molecule has 5 nitrogen and oxygen atoms in total. The van der Waals surface area contributed by atoms with Crippen LogP contribution < -0.4 is 0 Å². The monoisotopic (exact) mass is 400 g/mol. The zero-order valence-corrected chi connectivity index (χ0v) is 18.5. The average Bonchev–Trinajstić information content (AvgIpc) is 2.64. The molecule has 1 aromatic heterocycles. The first-order valence-corrected chi connectivity index (χ1v) is 10.9. The van der Waals surface area contributed by atoms with Crippen LogP contribution in [0.4, 0.5) is 0 Å². The number of carbonyl (C=O) groups excluding carboxylic acids is 1. The van der Waals surface area contributed by atoms with Gasteiger partial charge in [-0.1, -0.05) is 26.0 Å². The number of ether oxygens (including phenoxy) is 1. The summed E-state index contributed by atoms with van der Waals surface area (Å²) in [6.07, 6.45) is 6.36.